The van der Waals surface area contributed by atoms with Gasteiger partial charge < -0.3 is 10.5 Å². The van der Waals surface area contributed by atoms with Crippen LogP contribution in [0.3, 0.4) is 0 Å². The van der Waals surface area contributed by atoms with E-state index in [1.54, 1.807) is 4.52 Å². The average molecular weight is 365 g/mol. The fourth-order valence-electron chi connectivity index (χ4n) is 3.95. The van der Waals surface area contributed by atoms with Crippen LogP contribution >= 0.6 is 0 Å². The SMILES string of the molecule is CCOc1ccccc1CN1CCCC(c2cc(N)n3nc(C)cc3n2)C1. The van der Waals surface area contributed by atoms with E-state index in [9.17, 15) is 0 Å². The van der Waals surface area contributed by atoms with Gasteiger partial charge in [-0.15, -0.1) is 0 Å². The van der Waals surface area contributed by atoms with Gasteiger partial charge in [-0.05, 0) is 39.3 Å². The van der Waals surface area contributed by atoms with Gasteiger partial charge in [0.05, 0.1) is 18.0 Å². The van der Waals surface area contributed by atoms with Crippen molar-refractivity contribution in [3.05, 3.63) is 53.3 Å². The van der Waals surface area contributed by atoms with Crippen molar-refractivity contribution >= 4 is 11.5 Å². The maximum Gasteiger partial charge on any atom is 0.157 e. The molecule has 1 aliphatic rings. The number of anilines is 1. The molecule has 2 aromatic heterocycles. The Hall–Kier alpha value is -2.60. The number of nitrogens with zero attached hydrogens (tertiary/aromatic N) is 4. The molecule has 0 radical (unpaired) electrons. The van der Waals surface area contributed by atoms with Gasteiger partial charge in [0.2, 0.25) is 0 Å². The molecule has 0 spiro atoms. The Morgan fingerprint density at radius 3 is 2.96 bits per heavy atom. The van der Waals surface area contributed by atoms with Crippen LogP contribution in [0.1, 0.15) is 42.6 Å². The molecule has 1 aromatic carbocycles. The van der Waals surface area contributed by atoms with Crippen LogP contribution in [0.4, 0.5) is 5.82 Å². The number of nitrogen functional groups attached to an aromatic ring is 1. The van der Waals surface area contributed by atoms with Crippen LogP contribution in [-0.4, -0.2) is 39.2 Å². The zero-order valence-corrected chi connectivity index (χ0v) is 16.1. The molecule has 2 N–H and O–H groups in total. The summed E-state index contributed by atoms with van der Waals surface area (Å²) in [6, 6.07) is 12.3. The van der Waals surface area contributed by atoms with Gasteiger partial charge >= 0.3 is 0 Å². The molecule has 3 heterocycles. The van der Waals surface area contributed by atoms with Crippen molar-refractivity contribution in [2.75, 3.05) is 25.4 Å². The molecule has 1 saturated heterocycles. The van der Waals surface area contributed by atoms with Crippen LogP contribution in [-0.2, 0) is 6.54 Å². The van der Waals surface area contributed by atoms with Gasteiger partial charge in [0.1, 0.15) is 11.6 Å². The number of benzene rings is 1. The molecule has 27 heavy (non-hydrogen) atoms. The summed E-state index contributed by atoms with van der Waals surface area (Å²) >= 11 is 0. The fourth-order valence-corrected chi connectivity index (χ4v) is 3.95. The zero-order chi connectivity index (χ0) is 18.8. The maximum atomic E-state index is 6.22. The van der Waals surface area contributed by atoms with Crippen LogP contribution < -0.4 is 10.5 Å². The molecule has 142 valence electrons. The number of aromatic nitrogens is 3. The zero-order valence-electron chi connectivity index (χ0n) is 16.1. The first-order chi connectivity index (χ1) is 13.1. The average Bonchev–Trinajstić information content (AvgIpc) is 3.05. The fraction of sp³-hybridized carbons (Fsp3) is 0.429. The Morgan fingerprint density at radius 1 is 1.26 bits per heavy atom. The highest BCUT2D eigenvalue weighted by atomic mass is 16.5. The van der Waals surface area contributed by atoms with Crippen LogP contribution in [0.15, 0.2) is 36.4 Å². The number of aryl methyl sites for hydroxylation is 1. The van der Waals surface area contributed by atoms with Gasteiger partial charge in [-0.3, -0.25) is 4.90 Å². The Balaban J connectivity index is 1.53. The van der Waals surface area contributed by atoms with Gasteiger partial charge in [-0.25, -0.2) is 4.98 Å². The Labute approximate surface area is 160 Å². The minimum absolute atomic E-state index is 0.389. The van der Waals surface area contributed by atoms with Crippen LogP contribution in [0.2, 0.25) is 0 Å². The minimum Gasteiger partial charge on any atom is -0.494 e. The van der Waals surface area contributed by atoms with Crippen molar-refractivity contribution < 1.29 is 4.74 Å². The van der Waals surface area contributed by atoms with Crippen LogP contribution in [0, 0.1) is 6.92 Å². The summed E-state index contributed by atoms with van der Waals surface area (Å²) in [6.07, 6.45) is 2.30. The van der Waals surface area contributed by atoms with Crippen molar-refractivity contribution in [1.82, 2.24) is 19.5 Å². The van der Waals surface area contributed by atoms with E-state index < -0.39 is 0 Å². The highest BCUT2D eigenvalue weighted by Crippen LogP contribution is 2.29. The van der Waals surface area contributed by atoms with E-state index in [0.717, 1.165) is 55.3 Å². The number of ether oxygens (including phenoxy) is 1. The number of fused-ring (bicyclic) bond motifs is 1. The second kappa shape index (κ2) is 7.56. The van der Waals surface area contributed by atoms with E-state index in [-0.39, 0.29) is 0 Å². The van der Waals surface area contributed by atoms with E-state index in [1.165, 1.54) is 5.56 Å². The highest BCUT2D eigenvalue weighted by Gasteiger charge is 2.24. The second-order valence-corrected chi connectivity index (χ2v) is 7.28. The molecule has 0 aliphatic carbocycles. The first-order valence-corrected chi connectivity index (χ1v) is 9.70. The van der Waals surface area contributed by atoms with E-state index in [0.29, 0.717) is 18.3 Å². The van der Waals surface area contributed by atoms with Crippen molar-refractivity contribution in [1.29, 1.82) is 0 Å². The Kier molecular flexibility index (Phi) is 4.99. The molecule has 0 bridgehead atoms. The number of rotatable bonds is 5. The first kappa shape index (κ1) is 17.8. The summed E-state index contributed by atoms with van der Waals surface area (Å²) in [5.41, 5.74) is 10.3. The summed E-state index contributed by atoms with van der Waals surface area (Å²) in [6.45, 7) is 7.66. The third-order valence-corrected chi connectivity index (χ3v) is 5.19. The molecule has 1 aliphatic heterocycles. The topological polar surface area (TPSA) is 68.7 Å². The lowest BCUT2D eigenvalue weighted by molar-refractivity contribution is 0.195. The largest absolute Gasteiger partial charge is 0.494 e. The molecule has 0 saturated carbocycles. The van der Waals surface area contributed by atoms with Crippen molar-refractivity contribution in [3.8, 4) is 5.75 Å². The van der Waals surface area contributed by atoms with Crippen molar-refractivity contribution in [2.24, 2.45) is 0 Å². The highest BCUT2D eigenvalue weighted by molar-refractivity contribution is 5.48. The van der Waals surface area contributed by atoms with Crippen molar-refractivity contribution in [3.63, 3.8) is 0 Å². The first-order valence-electron chi connectivity index (χ1n) is 9.70. The van der Waals surface area contributed by atoms with Gasteiger partial charge in [-0.1, -0.05) is 18.2 Å². The second-order valence-electron chi connectivity index (χ2n) is 7.28. The quantitative estimate of drug-likeness (QED) is 0.750. The van der Waals surface area contributed by atoms with E-state index in [2.05, 4.69) is 28.2 Å². The van der Waals surface area contributed by atoms with Crippen LogP contribution in [0.25, 0.3) is 5.65 Å². The number of hydrogen-bond donors (Lipinski definition) is 1. The molecular weight excluding hydrogens is 338 g/mol. The molecule has 0 amide bonds. The molecular formula is C21H27N5O. The lowest BCUT2D eigenvalue weighted by Crippen LogP contribution is -2.34. The summed E-state index contributed by atoms with van der Waals surface area (Å²) in [5, 5.41) is 4.40. The summed E-state index contributed by atoms with van der Waals surface area (Å²) in [7, 11) is 0. The molecule has 1 fully saturated rings. The van der Waals surface area contributed by atoms with Gasteiger partial charge in [0, 0.05) is 36.7 Å². The minimum atomic E-state index is 0.389. The normalized spacial score (nSPS) is 18.1. The molecule has 1 atom stereocenters. The molecule has 6 nitrogen and oxygen atoms in total. The summed E-state index contributed by atoms with van der Waals surface area (Å²) in [4.78, 5) is 7.33. The lowest BCUT2D eigenvalue weighted by Gasteiger charge is -2.33. The summed E-state index contributed by atoms with van der Waals surface area (Å²) in [5.74, 6) is 2.03. The predicted octanol–water partition coefficient (Wildman–Crippen LogP) is 3.40. The van der Waals surface area contributed by atoms with Crippen molar-refractivity contribution in [2.45, 2.75) is 39.2 Å². The maximum absolute atomic E-state index is 6.22. The molecule has 4 rings (SSSR count). The number of hydrogen-bond acceptors (Lipinski definition) is 5. The van der Waals surface area contributed by atoms with Gasteiger partial charge in [0.25, 0.3) is 0 Å². The van der Waals surface area contributed by atoms with E-state index in [4.69, 9.17) is 15.5 Å². The lowest BCUT2D eigenvalue weighted by atomic mass is 9.94. The summed E-state index contributed by atoms with van der Waals surface area (Å²) < 4.78 is 7.51. The smallest absolute Gasteiger partial charge is 0.157 e. The Morgan fingerprint density at radius 2 is 2.11 bits per heavy atom. The monoisotopic (exact) mass is 365 g/mol. The molecule has 6 heteroatoms. The third kappa shape index (κ3) is 3.76. The van der Waals surface area contributed by atoms with Gasteiger partial charge in [-0.2, -0.15) is 9.61 Å². The number of likely N-dealkylation sites (tertiary alicyclic amines) is 1. The van der Waals surface area contributed by atoms with Crippen LogP contribution in [0.5, 0.6) is 5.75 Å². The standard InChI is InChI=1S/C21H27N5O/c1-3-27-19-9-5-4-7-17(19)14-25-10-6-8-16(13-25)18-12-20(22)26-21(23-18)11-15(2)24-26/h4-5,7,9,11-12,16H,3,6,8,10,13-14,22H2,1-2H3. The number of para-hydroxylation sites is 1. The van der Waals surface area contributed by atoms with Gasteiger partial charge in [0.15, 0.2) is 5.65 Å². The molecule has 3 aromatic rings. The third-order valence-electron chi connectivity index (χ3n) is 5.19. The van der Waals surface area contributed by atoms with E-state index >= 15 is 0 Å². The predicted molar refractivity (Wildman–Crippen MR) is 107 cm³/mol. The number of piperidine rings is 1. The molecule has 1 unspecified atom stereocenters. The number of nitrogens with two attached hydrogens (primary N) is 1. The van der Waals surface area contributed by atoms with E-state index in [1.807, 2.05) is 32.0 Å². The Bertz CT molecular complexity index is 935.